The maximum atomic E-state index is 9.23. The summed E-state index contributed by atoms with van der Waals surface area (Å²) in [6.45, 7) is 13.1. The van der Waals surface area contributed by atoms with Gasteiger partial charge >= 0.3 is 0 Å². The summed E-state index contributed by atoms with van der Waals surface area (Å²) in [6, 6.07) is 0. The lowest BCUT2D eigenvalue weighted by Crippen LogP contribution is -2.43. The zero-order valence-corrected chi connectivity index (χ0v) is 10.5. The highest BCUT2D eigenvalue weighted by atomic mass is 16.5. The Hall–Kier alpha value is -0.0800. The monoisotopic (exact) mass is 202 g/mol. The second kappa shape index (κ2) is 5.72. The van der Waals surface area contributed by atoms with Crippen LogP contribution in [0.4, 0.5) is 0 Å². The molecule has 14 heavy (non-hydrogen) atoms. The molecule has 1 N–H and O–H groups in total. The molecule has 0 bridgehead atoms. The van der Waals surface area contributed by atoms with E-state index < -0.39 is 0 Å². The van der Waals surface area contributed by atoms with Gasteiger partial charge in [-0.25, -0.2) is 0 Å². The van der Waals surface area contributed by atoms with Gasteiger partial charge in [-0.15, -0.1) is 0 Å². The van der Waals surface area contributed by atoms with Crippen molar-refractivity contribution in [1.29, 1.82) is 0 Å². The molecule has 2 nitrogen and oxygen atoms in total. The molecule has 0 aromatic heterocycles. The highest BCUT2D eigenvalue weighted by molar-refractivity contribution is 4.84. The summed E-state index contributed by atoms with van der Waals surface area (Å²) in [5.41, 5.74) is -0.119. The molecular weight excluding hydrogens is 176 g/mol. The summed E-state index contributed by atoms with van der Waals surface area (Å²) < 4.78 is 5.86. The zero-order chi connectivity index (χ0) is 11.4. The van der Waals surface area contributed by atoms with Crippen molar-refractivity contribution < 1.29 is 9.84 Å². The van der Waals surface area contributed by atoms with Gasteiger partial charge in [-0.1, -0.05) is 34.1 Å². The Morgan fingerprint density at radius 3 is 2.00 bits per heavy atom. The molecule has 0 radical (unpaired) electrons. The Labute approximate surface area is 88.7 Å². The Morgan fingerprint density at radius 1 is 1.21 bits per heavy atom. The van der Waals surface area contributed by atoms with Gasteiger partial charge in [0.25, 0.3) is 0 Å². The number of ether oxygens (including phenoxy) is 1. The Balaban J connectivity index is 4.39. The average Bonchev–Trinajstić information content (AvgIpc) is 2.12. The van der Waals surface area contributed by atoms with E-state index in [0.29, 0.717) is 18.4 Å². The van der Waals surface area contributed by atoms with Gasteiger partial charge in [-0.3, -0.25) is 0 Å². The third-order valence-electron chi connectivity index (χ3n) is 3.37. The van der Waals surface area contributed by atoms with Gasteiger partial charge in [0.1, 0.15) is 0 Å². The topological polar surface area (TPSA) is 29.5 Å². The quantitative estimate of drug-likeness (QED) is 0.717. The molecule has 0 amide bonds. The van der Waals surface area contributed by atoms with Gasteiger partial charge in [-0.05, 0) is 25.7 Å². The van der Waals surface area contributed by atoms with Crippen LogP contribution in [0.3, 0.4) is 0 Å². The summed E-state index contributed by atoms with van der Waals surface area (Å²) in [7, 11) is 0. The second-order valence-corrected chi connectivity index (χ2v) is 4.81. The fraction of sp³-hybridized carbons (Fsp3) is 1.00. The molecule has 0 fully saturated rings. The summed E-state index contributed by atoms with van der Waals surface area (Å²) in [6.07, 6.45) is 0.728. The maximum Gasteiger partial charge on any atom is 0.0745 e. The number of rotatable bonds is 6. The zero-order valence-electron chi connectivity index (χ0n) is 10.5. The van der Waals surface area contributed by atoms with Crippen LogP contribution in [0, 0.1) is 11.8 Å². The van der Waals surface area contributed by atoms with Crippen LogP contribution in [-0.4, -0.2) is 23.4 Å². The van der Waals surface area contributed by atoms with Crippen LogP contribution >= 0.6 is 0 Å². The van der Waals surface area contributed by atoms with Crippen LogP contribution in [0.5, 0.6) is 0 Å². The Bertz CT molecular complexity index is 154. The smallest absolute Gasteiger partial charge is 0.0745 e. The standard InChI is InChI=1S/C12H26O2/c1-7-10(4)12(6,9(2)3)14-8-11(5)13/h9-11,13H,7-8H2,1-6H3. The third-order valence-corrected chi connectivity index (χ3v) is 3.37. The van der Waals surface area contributed by atoms with Gasteiger partial charge in [0, 0.05) is 0 Å². The van der Waals surface area contributed by atoms with Crippen LogP contribution < -0.4 is 0 Å². The molecule has 0 aromatic rings. The van der Waals surface area contributed by atoms with Gasteiger partial charge in [0.05, 0.1) is 18.3 Å². The molecule has 0 aromatic carbocycles. The fourth-order valence-electron chi connectivity index (χ4n) is 1.58. The van der Waals surface area contributed by atoms with E-state index in [1.807, 2.05) is 0 Å². The fourth-order valence-corrected chi connectivity index (χ4v) is 1.58. The van der Waals surface area contributed by atoms with Crippen LogP contribution in [0.1, 0.15) is 48.0 Å². The molecule has 0 saturated carbocycles. The minimum absolute atomic E-state index is 0.119. The van der Waals surface area contributed by atoms with E-state index in [1.165, 1.54) is 0 Å². The molecule has 86 valence electrons. The predicted molar refractivity (Wildman–Crippen MR) is 60.3 cm³/mol. The van der Waals surface area contributed by atoms with Gasteiger partial charge in [-0.2, -0.15) is 0 Å². The molecule has 0 aliphatic heterocycles. The van der Waals surface area contributed by atoms with E-state index in [1.54, 1.807) is 6.92 Å². The third kappa shape index (κ3) is 3.58. The molecule has 0 heterocycles. The van der Waals surface area contributed by atoms with Crippen molar-refractivity contribution in [2.45, 2.75) is 59.7 Å². The molecule has 0 aliphatic rings. The Kier molecular flexibility index (Phi) is 5.68. The summed E-state index contributed by atoms with van der Waals surface area (Å²) in [4.78, 5) is 0. The predicted octanol–water partition coefficient (Wildman–Crippen LogP) is 2.84. The average molecular weight is 202 g/mol. The van der Waals surface area contributed by atoms with Crippen molar-refractivity contribution >= 4 is 0 Å². The van der Waals surface area contributed by atoms with E-state index in [0.717, 1.165) is 6.42 Å². The highest BCUT2D eigenvalue weighted by Gasteiger charge is 2.34. The van der Waals surface area contributed by atoms with E-state index in [4.69, 9.17) is 4.74 Å². The largest absolute Gasteiger partial charge is 0.391 e. The van der Waals surface area contributed by atoms with Crippen molar-refractivity contribution in [3.8, 4) is 0 Å². The summed E-state index contributed by atoms with van der Waals surface area (Å²) in [5, 5.41) is 9.23. The molecule has 0 rings (SSSR count). The van der Waals surface area contributed by atoms with Crippen LogP contribution in [0.15, 0.2) is 0 Å². The van der Waals surface area contributed by atoms with Gasteiger partial charge in [0.2, 0.25) is 0 Å². The number of aliphatic hydroxyl groups excluding tert-OH is 1. The number of aliphatic hydroxyl groups is 1. The van der Waals surface area contributed by atoms with Gasteiger partial charge < -0.3 is 9.84 Å². The van der Waals surface area contributed by atoms with Crippen LogP contribution in [0.2, 0.25) is 0 Å². The van der Waals surface area contributed by atoms with Crippen molar-refractivity contribution in [3.63, 3.8) is 0 Å². The molecule has 3 atom stereocenters. The van der Waals surface area contributed by atoms with Crippen molar-refractivity contribution in [1.82, 2.24) is 0 Å². The van der Waals surface area contributed by atoms with Crippen LogP contribution in [-0.2, 0) is 4.74 Å². The summed E-state index contributed by atoms with van der Waals surface area (Å²) >= 11 is 0. The lowest BCUT2D eigenvalue weighted by Gasteiger charge is -2.39. The van der Waals surface area contributed by atoms with Crippen molar-refractivity contribution in [2.75, 3.05) is 6.61 Å². The molecular formula is C12H26O2. The maximum absolute atomic E-state index is 9.23. The normalized spacial score (nSPS) is 20.6. The molecule has 2 heteroatoms. The van der Waals surface area contributed by atoms with Crippen molar-refractivity contribution in [2.24, 2.45) is 11.8 Å². The second-order valence-electron chi connectivity index (χ2n) is 4.81. The number of hydrogen-bond acceptors (Lipinski definition) is 2. The van der Waals surface area contributed by atoms with E-state index >= 15 is 0 Å². The van der Waals surface area contributed by atoms with E-state index in [2.05, 4.69) is 34.6 Å². The first-order valence-electron chi connectivity index (χ1n) is 5.66. The molecule has 3 unspecified atom stereocenters. The lowest BCUT2D eigenvalue weighted by molar-refractivity contribution is -0.122. The molecule has 0 aliphatic carbocycles. The highest BCUT2D eigenvalue weighted by Crippen LogP contribution is 2.32. The lowest BCUT2D eigenvalue weighted by atomic mass is 9.79. The minimum atomic E-state index is -0.378. The first-order valence-corrected chi connectivity index (χ1v) is 5.66. The van der Waals surface area contributed by atoms with E-state index in [9.17, 15) is 5.11 Å². The van der Waals surface area contributed by atoms with Crippen molar-refractivity contribution in [3.05, 3.63) is 0 Å². The molecule has 0 spiro atoms. The molecule has 0 saturated heterocycles. The van der Waals surface area contributed by atoms with E-state index in [-0.39, 0.29) is 11.7 Å². The first-order chi connectivity index (χ1) is 6.34. The number of hydrogen-bond donors (Lipinski definition) is 1. The van der Waals surface area contributed by atoms with Gasteiger partial charge in [0.15, 0.2) is 0 Å². The first kappa shape index (κ1) is 13.9. The minimum Gasteiger partial charge on any atom is -0.391 e. The van der Waals surface area contributed by atoms with Crippen LogP contribution in [0.25, 0.3) is 0 Å². The Morgan fingerprint density at radius 2 is 1.71 bits per heavy atom. The summed E-state index contributed by atoms with van der Waals surface area (Å²) in [5.74, 6) is 0.984. The SMILES string of the molecule is CCC(C)C(C)(OCC(C)O)C(C)C.